The molecule has 1 aromatic rings. The van der Waals surface area contributed by atoms with E-state index in [-0.39, 0.29) is 42.0 Å². The van der Waals surface area contributed by atoms with Crippen molar-refractivity contribution in [3.63, 3.8) is 0 Å². The number of guanidine groups is 1. The number of halogens is 1. The number of nitrogens with zero attached hydrogens (tertiary/aromatic N) is 2. The molecule has 2 N–H and O–H groups in total. The molecule has 1 amide bonds. The number of hydrogen-bond donors (Lipinski definition) is 2. The van der Waals surface area contributed by atoms with Crippen molar-refractivity contribution in [2.24, 2.45) is 4.99 Å². The molecule has 2 atom stereocenters. The molecular formula is C19H29IN4O3. The first kappa shape index (κ1) is 21.9. The largest absolute Gasteiger partial charge is 0.377 e. The second-order valence-electron chi connectivity index (χ2n) is 6.59. The van der Waals surface area contributed by atoms with Crippen LogP contribution in [-0.4, -0.2) is 64.0 Å². The topological polar surface area (TPSA) is 75.2 Å². The molecule has 0 bridgehead atoms. The van der Waals surface area contributed by atoms with Gasteiger partial charge in [-0.25, -0.2) is 0 Å². The van der Waals surface area contributed by atoms with E-state index in [9.17, 15) is 4.79 Å². The summed E-state index contributed by atoms with van der Waals surface area (Å²) in [7, 11) is 1.73. The van der Waals surface area contributed by atoms with E-state index in [1.165, 1.54) is 0 Å². The molecule has 1 aromatic carbocycles. The van der Waals surface area contributed by atoms with Crippen LogP contribution < -0.4 is 15.5 Å². The van der Waals surface area contributed by atoms with Crippen LogP contribution in [0.3, 0.4) is 0 Å². The summed E-state index contributed by atoms with van der Waals surface area (Å²) < 4.78 is 11.2. The van der Waals surface area contributed by atoms with Gasteiger partial charge in [-0.15, -0.1) is 24.0 Å². The minimum Gasteiger partial charge on any atom is -0.377 e. The Bertz CT molecular complexity index is 608. The van der Waals surface area contributed by atoms with Gasteiger partial charge in [0.15, 0.2) is 5.96 Å². The van der Waals surface area contributed by atoms with Crippen LogP contribution >= 0.6 is 24.0 Å². The Morgan fingerprint density at radius 1 is 1.37 bits per heavy atom. The molecule has 3 rings (SSSR count). The Hall–Kier alpha value is -1.39. The second kappa shape index (κ2) is 11.5. The Morgan fingerprint density at radius 3 is 2.89 bits per heavy atom. The molecule has 27 heavy (non-hydrogen) atoms. The first-order valence-corrected chi connectivity index (χ1v) is 9.28. The van der Waals surface area contributed by atoms with Crippen molar-refractivity contribution >= 4 is 41.5 Å². The maximum Gasteiger partial charge on any atom is 0.229 e. The van der Waals surface area contributed by atoms with Crippen molar-refractivity contribution < 1.29 is 14.3 Å². The van der Waals surface area contributed by atoms with Gasteiger partial charge in [-0.2, -0.15) is 0 Å². The van der Waals surface area contributed by atoms with E-state index in [4.69, 9.17) is 9.47 Å². The number of anilines is 1. The van der Waals surface area contributed by atoms with Crippen LogP contribution in [-0.2, 0) is 14.3 Å². The number of rotatable bonds is 7. The van der Waals surface area contributed by atoms with Gasteiger partial charge >= 0.3 is 0 Å². The Balaban J connectivity index is 0.00000261. The van der Waals surface area contributed by atoms with E-state index in [0.717, 1.165) is 25.1 Å². The first-order chi connectivity index (χ1) is 12.8. The molecule has 0 spiro atoms. The third-order valence-electron chi connectivity index (χ3n) is 4.62. The van der Waals surface area contributed by atoms with E-state index in [0.29, 0.717) is 38.7 Å². The fourth-order valence-electron chi connectivity index (χ4n) is 3.28. The fourth-order valence-corrected chi connectivity index (χ4v) is 3.28. The summed E-state index contributed by atoms with van der Waals surface area (Å²) in [5.74, 6) is 0.822. The van der Waals surface area contributed by atoms with Crippen LogP contribution in [0.25, 0.3) is 0 Å². The summed E-state index contributed by atoms with van der Waals surface area (Å²) in [6.07, 6.45) is 2.93. The third kappa shape index (κ3) is 6.62. The Labute approximate surface area is 177 Å². The summed E-state index contributed by atoms with van der Waals surface area (Å²) in [5, 5.41) is 6.56. The lowest BCUT2D eigenvalue weighted by molar-refractivity contribution is -0.117. The Morgan fingerprint density at radius 2 is 2.19 bits per heavy atom. The van der Waals surface area contributed by atoms with E-state index in [1.54, 1.807) is 7.05 Å². The standard InChI is InChI=1S/C19H28N4O3.HI/c1-20-19(21-9-11-25-14-17-8-5-10-26-17)22-15-12-18(24)23(13-15)16-6-3-2-4-7-16;/h2-4,6-7,15,17H,5,8-14H2,1H3,(H2,20,21,22);1H. The number of aliphatic imine (C=N–C) groups is 1. The van der Waals surface area contributed by atoms with Gasteiger partial charge in [-0.3, -0.25) is 9.79 Å². The van der Waals surface area contributed by atoms with Gasteiger partial charge in [0.25, 0.3) is 0 Å². The molecular weight excluding hydrogens is 459 g/mol. The molecule has 0 saturated carbocycles. The van der Waals surface area contributed by atoms with Crippen LogP contribution in [0.15, 0.2) is 35.3 Å². The Kier molecular flexibility index (Phi) is 9.29. The summed E-state index contributed by atoms with van der Waals surface area (Å²) in [5.41, 5.74) is 0.937. The zero-order valence-electron chi connectivity index (χ0n) is 15.7. The molecule has 0 aliphatic carbocycles. The van der Waals surface area contributed by atoms with Crippen molar-refractivity contribution in [2.75, 3.05) is 44.9 Å². The number of hydrogen-bond acceptors (Lipinski definition) is 4. The van der Waals surface area contributed by atoms with E-state index in [2.05, 4.69) is 15.6 Å². The smallest absolute Gasteiger partial charge is 0.229 e. The van der Waals surface area contributed by atoms with Crippen LogP contribution in [0, 0.1) is 0 Å². The SMILES string of the molecule is CN=C(NCCOCC1CCCO1)NC1CC(=O)N(c2ccccc2)C1.I. The number of para-hydroxylation sites is 1. The minimum absolute atomic E-state index is 0. The van der Waals surface area contributed by atoms with Gasteiger partial charge in [0.05, 0.1) is 25.4 Å². The third-order valence-corrected chi connectivity index (χ3v) is 4.62. The molecule has 150 valence electrons. The zero-order valence-corrected chi connectivity index (χ0v) is 18.1. The molecule has 2 aliphatic heterocycles. The number of carbonyl (C=O) groups excluding carboxylic acids is 1. The second-order valence-corrected chi connectivity index (χ2v) is 6.59. The van der Waals surface area contributed by atoms with Crippen molar-refractivity contribution in [3.8, 4) is 0 Å². The summed E-state index contributed by atoms with van der Waals surface area (Å²) in [4.78, 5) is 18.3. The number of amides is 1. The molecule has 2 heterocycles. The molecule has 0 aromatic heterocycles. The van der Waals surface area contributed by atoms with Crippen LogP contribution in [0.1, 0.15) is 19.3 Å². The molecule has 2 fully saturated rings. The van der Waals surface area contributed by atoms with Gasteiger partial charge in [-0.1, -0.05) is 18.2 Å². The maximum atomic E-state index is 12.3. The van der Waals surface area contributed by atoms with Crippen LogP contribution in [0.2, 0.25) is 0 Å². The van der Waals surface area contributed by atoms with Crippen molar-refractivity contribution in [2.45, 2.75) is 31.4 Å². The average molecular weight is 488 g/mol. The first-order valence-electron chi connectivity index (χ1n) is 9.28. The molecule has 0 radical (unpaired) electrons. The highest BCUT2D eigenvalue weighted by Gasteiger charge is 2.31. The molecule has 2 aliphatic rings. The van der Waals surface area contributed by atoms with Gasteiger partial charge in [0.2, 0.25) is 5.91 Å². The number of benzene rings is 1. The average Bonchev–Trinajstić information content (AvgIpc) is 3.30. The van der Waals surface area contributed by atoms with Gasteiger partial charge in [0.1, 0.15) is 0 Å². The summed E-state index contributed by atoms with van der Waals surface area (Å²) in [6.45, 7) is 3.40. The predicted molar refractivity (Wildman–Crippen MR) is 117 cm³/mol. The highest BCUT2D eigenvalue weighted by molar-refractivity contribution is 14.0. The summed E-state index contributed by atoms with van der Waals surface area (Å²) >= 11 is 0. The van der Waals surface area contributed by atoms with E-state index in [1.807, 2.05) is 35.2 Å². The van der Waals surface area contributed by atoms with Gasteiger partial charge in [-0.05, 0) is 25.0 Å². The van der Waals surface area contributed by atoms with Crippen LogP contribution in [0.4, 0.5) is 5.69 Å². The molecule has 8 heteroatoms. The molecule has 7 nitrogen and oxygen atoms in total. The van der Waals surface area contributed by atoms with Crippen molar-refractivity contribution in [1.82, 2.24) is 10.6 Å². The lowest BCUT2D eigenvalue weighted by Crippen LogP contribution is -2.45. The monoisotopic (exact) mass is 488 g/mol. The number of ether oxygens (including phenoxy) is 2. The predicted octanol–water partition coefficient (Wildman–Crippen LogP) is 1.77. The molecule has 2 saturated heterocycles. The van der Waals surface area contributed by atoms with Crippen molar-refractivity contribution in [3.05, 3.63) is 30.3 Å². The van der Waals surface area contributed by atoms with Gasteiger partial charge in [0, 0.05) is 38.9 Å². The normalized spacial score (nSPS) is 22.6. The van der Waals surface area contributed by atoms with Crippen LogP contribution in [0.5, 0.6) is 0 Å². The van der Waals surface area contributed by atoms with Gasteiger partial charge < -0.3 is 25.0 Å². The number of nitrogens with one attached hydrogen (secondary N) is 2. The highest BCUT2D eigenvalue weighted by atomic mass is 127. The lowest BCUT2D eigenvalue weighted by atomic mass is 10.2. The zero-order chi connectivity index (χ0) is 18.2. The minimum atomic E-state index is 0. The molecule has 2 unspecified atom stereocenters. The summed E-state index contributed by atoms with van der Waals surface area (Å²) in [6, 6.07) is 9.80. The highest BCUT2D eigenvalue weighted by Crippen LogP contribution is 2.20. The maximum absolute atomic E-state index is 12.3. The van der Waals surface area contributed by atoms with E-state index >= 15 is 0 Å². The quantitative estimate of drug-likeness (QED) is 0.265. The lowest BCUT2D eigenvalue weighted by Gasteiger charge is -2.19. The fraction of sp³-hybridized carbons (Fsp3) is 0.579. The number of carbonyl (C=O) groups is 1. The van der Waals surface area contributed by atoms with E-state index < -0.39 is 0 Å². The van der Waals surface area contributed by atoms with Crippen molar-refractivity contribution in [1.29, 1.82) is 0 Å².